The lowest BCUT2D eigenvalue weighted by Gasteiger charge is -1.97. The van der Waals surface area contributed by atoms with Gasteiger partial charge in [0.1, 0.15) is 6.54 Å². The molecule has 2 aromatic rings. The molecule has 9 nitrogen and oxygen atoms in total. The van der Waals surface area contributed by atoms with Crippen LogP contribution in [0.5, 0.6) is 0 Å². The Morgan fingerprint density at radius 3 is 2.81 bits per heavy atom. The second-order valence-electron chi connectivity index (χ2n) is 3.84. The van der Waals surface area contributed by atoms with Crippen molar-refractivity contribution in [2.24, 2.45) is 5.10 Å². The summed E-state index contributed by atoms with van der Waals surface area (Å²) in [5.74, 6) is -1.05. The largest absolute Gasteiger partial charge is 0.490 e. The molecule has 21 heavy (non-hydrogen) atoms. The van der Waals surface area contributed by atoms with Crippen LogP contribution in [0.3, 0.4) is 0 Å². The molecule has 10 heteroatoms. The zero-order valence-corrected chi connectivity index (χ0v) is 11.3. The Morgan fingerprint density at radius 2 is 2.19 bits per heavy atom. The SMILES string of the molecule is O=C(Cn1cnc([N+](=O)[O-])n1)N/N=C/c1ccc(Cl)cc1. The van der Waals surface area contributed by atoms with E-state index in [1.54, 1.807) is 24.3 Å². The van der Waals surface area contributed by atoms with Gasteiger partial charge in [0.2, 0.25) is 6.33 Å². The number of halogens is 1. The number of aromatic nitrogens is 3. The molecule has 0 saturated carbocycles. The van der Waals surface area contributed by atoms with E-state index in [9.17, 15) is 14.9 Å². The lowest BCUT2D eigenvalue weighted by Crippen LogP contribution is -2.23. The molecule has 1 heterocycles. The third kappa shape index (κ3) is 4.35. The Hall–Kier alpha value is -2.81. The monoisotopic (exact) mass is 308 g/mol. The maximum atomic E-state index is 11.5. The molecular formula is C11H9ClN6O3. The topological polar surface area (TPSA) is 115 Å². The van der Waals surface area contributed by atoms with Crippen molar-refractivity contribution in [2.75, 3.05) is 0 Å². The van der Waals surface area contributed by atoms with Crippen molar-refractivity contribution in [1.82, 2.24) is 20.2 Å². The smallest absolute Gasteiger partial charge is 0.390 e. The van der Waals surface area contributed by atoms with Crippen LogP contribution in [-0.2, 0) is 11.3 Å². The van der Waals surface area contributed by atoms with E-state index in [-0.39, 0.29) is 6.54 Å². The highest BCUT2D eigenvalue weighted by molar-refractivity contribution is 6.30. The minimum atomic E-state index is -0.743. The van der Waals surface area contributed by atoms with Crippen molar-refractivity contribution in [3.63, 3.8) is 0 Å². The maximum absolute atomic E-state index is 11.5. The average Bonchev–Trinajstić information content (AvgIpc) is 2.90. The van der Waals surface area contributed by atoms with E-state index in [4.69, 9.17) is 11.6 Å². The van der Waals surface area contributed by atoms with E-state index in [0.717, 1.165) is 16.6 Å². The van der Waals surface area contributed by atoms with Crippen LogP contribution in [0.15, 0.2) is 35.7 Å². The lowest BCUT2D eigenvalue weighted by molar-refractivity contribution is -0.394. The summed E-state index contributed by atoms with van der Waals surface area (Å²) in [6, 6.07) is 6.86. The molecule has 0 bridgehead atoms. The zero-order chi connectivity index (χ0) is 15.2. The molecule has 0 spiro atoms. The number of hydrogen-bond acceptors (Lipinski definition) is 6. The maximum Gasteiger partial charge on any atom is 0.490 e. The first-order valence-electron chi connectivity index (χ1n) is 5.66. The van der Waals surface area contributed by atoms with Gasteiger partial charge in [-0.1, -0.05) is 28.7 Å². The first kappa shape index (κ1) is 14.6. The number of rotatable bonds is 5. The highest BCUT2D eigenvalue weighted by Crippen LogP contribution is 2.07. The number of nitrogens with zero attached hydrogens (tertiary/aromatic N) is 5. The number of amides is 1. The van der Waals surface area contributed by atoms with Gasteiger partial charge in [0, 0.05) is 10.1 Å². The summed E-state index contributed by atoms with van der Waals surface area (Å²) in [5, 5.41) is 18.2. The molecule has 0 saturated heterocycles. The second-order valence-corrected chi connectivity index (χ2v) is 4.28. The predicted octanol–water partition coefficient (Wildman–Crippen LogP) is 0.990. The lowest BCUT2D eigenvalue weighted by atomic mass is 10.2. The van der Waals surface area contributed by atoms with Gasteiger partial charge in [-0.2, -0.15) is 9.78 Å². The van der Waals surface area contributed by atoms with E-state index in [2.05, 4.69) is 20.6 Å². The van der Waals surface area contributed by atoms with E-state index < -0.39 is 16.8 Å². The van der Waals surface area contributed by atoms with Gasteiger partial charge in [0.15, 0.2) is 0 Å². The minimum Gasteiger partial charge on any atom is -0.390 e. The Balaban J connectivity index is 1.86. The molecule has 0 fully saturated rings. The first-order valence-corrected chi connectivity index (χ1v) is 6.04. The minimum absolute atomic E-state index is 0.223. The van der Waals surface area contributed by atoms with E-state index in [0.29, 0.717) is 5.02 Å². The van der Waals surface area contributed by atoms with Crippen LogP contribution in [-0.4, -0.2) is 31.8 Å². The average molecular weight is 309 g/mol. The molecule has 0 aliphatic rings. The van der Waals surface area contributed by atoms with Crippen molar-refractivity contribution < 1.29 is 9.72 Å². The first-order chi connectivity index (χ1) is 10.0. The quantitative estimate of drug-likeness (QED) is 0.502. The fourth-order valence-electron chi connectivity index (χ4n) is 1.35. The van der Waals surface area contributed by atoms with Crippen LogP contribution >= 0.6 is 11.6 Å². The van der Waals surface area contributed by atoms with Crippen LogP contribution in [0.2, 0.25) is 5.02 Å². The van der Waals surface area contributed by atoms with Crippen LogP contribution in [0.1, 0.15) is 5.56 Å². The molecule has 0 radical (unpaired) electrons. The number of hydrazone groups is 1. The summed E-state index contributed by atoms with van der Waals surface area (Å²) >= 11 is 5.73. The Bertz CT molecular complexity index is 682. The second kappa shape index (κ2) is 6.57. The van der Waals surface area contributed by atoms with Crippen molar-refractivity contribution in [3.05, 3.63) is 51.3 Å². The zero-order valence-electron chi connectivity index (χ0n) is 10.5. The van der Waals surface area contributed by atoms with Gasteiger partial charge in [-0.05, 0) is 22.6 Å². The molecule has 2 rings (SSSR count). The standard InChI is InChI=1S/C11H9ClN6O3/c12-9-3-1-8(2-4-9)5-14-15-10(19)6-17-7-13-11(16-17)18(20)21/h1-5,7H,6H2,(H,15,19)/b14-5+. The molecule has 0 unspecified atom stereocenters. The van der Waals surface area contributed by atoms with Gasteiger partial charge in [-0.25, -0.2) is 5.43 Å². The summed E-state index contributed by atoms with van der Waals surface area (Å²) in [6.07, 6.45) is 2.54. The van der Waals surface area contributed by atoms with Gasteiger partial charge in [-0.3, -0.25) is 4.79 Å². The molecule has 0 atom stereocenters. The number of benzene rings is 1. The van der Waals surface area contributed by atoms with Crippen molar-refractivity contribution >= 4 is 29.7 Å². The van der Waals surface area contributed by atoms with Gasteiger partial charge in [0.25, 0.3) is 5.91 Å². The molecule has 108 valence electrons. The van der Waals surface area contributed by atoms with E-state index in [1.165, 1.54) is 6.21 Å². The number of carbonyl (C=O) groups is 1. The third-order valence-corrected chi connectivity index (χ3v) is 2.52. The fraction of sp³-hybridized carbons (Fsp3) is 0.0909. The molecule has 1 aromatic carbocycles. The summed E-state index contributed by atoms with van der Waals surface area (Å²) in [6.45, 7) is -0.223. The number of hydrogen-bond donors (Lipinski definition) is 1. The van der Waals surface area contributed by atoms with Crippen LogP contribution in [0, 0.1) is 10.1 Å². The van der Waals surface area contributed by atoms with E-state index in [1.807, 2.05) is 0 Å². The van der Waals surface area contributed by atoms with Crippen LogP contribution < -0.4 is 5.43 Å². The Labute approximate surface area is 123 Å². The molecule has 1 N–H and O–H groups in total. The van der Waals surface area contributed by atoms with Crippen LogP contribution in [0.4, 0.5) is 5.95 Å². The Morgan fingerprint density at radius 1 is 1.48 bits per heavy atom. The highest BCUT2D eigenvalue weighted by atomic mass is 35.5. The van der Waals surface area contributed by atoms with Crippen molar-refractivity contribution in [2.45, 2.75) is 6.54 Å². The molecule has 1 aromatic heterocycles. The van der Waals surface area contributed by atoms with Gasteiger partial charge >= 0.3 is 5.95 Å². The van der Waals surface area contributed by atoms with Crippen molar-refractivity contribution in [1.29, 1.82) is 0 Å². The molecule has 0 aliphatic heterocycles. The number of nitrogens with one attached hydrogen (secondary N) is 1. The normalized spacial score (nSPS) is 10.7. The highest BCUT2D eigenvalue weighted by Gasteiger charge is 2.14. The molecule has 1 amide bonds. The van der Waals surface area contributed by atoms with Gasteiger partial charge < -0.3 is 10.1 Å². The molecular weight excluding hydrogens is 300 g/mol. The molecule has 0 aliphatic carbocycles. The van der Waals surface area contributed by atoms with Crippen molar-refractivity contribution in [3.8, 4) is 0 Å². The summed E-state index contributed by atoms with van der Waals surface area (Å²) in [4.78, 5) is 24.6. The summed E-state index contributed by atoms with van der Waals surface area (Å²) < 4.78 is 1.05. The third-order valence-electron chi connectivity index (χ3n) is 2.27. The Kier molecular flexibility index (Phi) is 4.57. The predicted molar refractivity (Wildman–Crippen MR) is 73.9 cm³/mol. The number of nitro groups is 1. The van der Waals surface area contributed by atoms with Crippen LogP contribution in [0.25, 0.3) is 0 Å². The van der Waals surface area contributed by atoms with E-state index >= 15 is 0 Å². The summed E-state index contributed by atoms with van der Waals surface area (Å²) in [5.41, 5.74) is 3.03. The number of carbonyl (C=O) groups excluding carboxylic acids is 1. The summed E-state index contributed by atoms with van der Waals surface area (Å²) in [7, 11) is 0. The fourth-order valence-corrected chi connectivity index (χ4v) is 1.48. The van der Waals surface area contributed by atoms with Gasteiger partial charge in [0.05, 0.1) is 6.21 Å². The van der Waals surface area contributed by atoms with Gasteiger partial charge in [-0.15, -0.1) is 0 Å².